The molecule has 3 saturated carbocycles. The van der Waals surface area contributed by atoms with E-state index in [0.717, 1.165) is 48.3 Å². The number of hydrogen-bond donors (Lipinski definition) is 0. The molecule has 8 atom stereocenters. The van der Waals surface area contributed by atoms with Gasteiger partial charge in [0, 0.05) is 6.42 Å². The van der Waals surface area contributed by atoms with Crippen LogP contribution >= 0.6 is 0 Å². The monoisotopic (exact) mass is 490 g/mol. The first kappa shape index (κ1) is 26.1. The van der Waals surface area contributed by atoms with Crippen molar-refractivity contribution in [2.75, 3.05) is 0 Å². The second-order valence-corrected chi connectivity index (χ2v) is 13.9. The van der Waals surface area contributed by atoms with E-state index < -0.39 is 0 Å². The maximum atomic E-state index is 12.7. The standard InChI is InChI=1S/C34H50O2/c1-23(2)10-9-11-24(3)29-16-17-30-28-15-14-26-22-27(36-32(35)25-12-7-6-8-13-25)18-20-33(26,4)31(28)19-21-34(29,30)5/h6-8,12-14,23-24,27-31H,9-11,15-22H2,1-5H3/t24-,27-,28+,29+,30+,31+,33-,34+/m0/s1. The molecule has 1 aromatic rings. The van der Waals surface area contributed by atoms with Gasteiger partial charge in [0.05, 0.1) is 5.56 Å². The summed E-state index contributed by atoms with van der Waals surface area (Å²) in [5, 5.41) is 0. The van der Waals surface area contributed by atoms with Gasteiger partial charge in [0.25, 0.3) is 0 Å². The van der Waals surface area contributed by atoms with Crippen LogP contribution in [0.3, 0.4) is 0 Å². The molecule has 2 heteroatoms. The van der Waals surface area contributed by atoms with Crippen molar-refractivity contribution in [1.29, 1.82) is 0 Å². The third-order valence-corrected chi connectivity index (χ3v) is 11.5. The first-order valence-electron chi connectivity index (χ1n) is 15.2. The van der Waals surface area contributed by atoms with Gasteiger partial charge in [0.1, 0.15) is 6.10 Å². The van der Waals surface area contributed by atoms with Crippen molar-refractivity contribution in [2.24, 2.45) is 46.3 Å². The number of hydrogen-bond acceptors (Lipinski definition) is 2. The summed E-state index contributed by atoms with van der Waals surface area (Å²) in [5.74, 6) is 5.03. The number of esters is 1. The molecule has 0 heterocycles. The Kier molecular flexibility index (Phi) is 7.45. The molecule has 0 unspecified atom stereocenters. The van der Waals surface area contributed by atoms with Crippen molar-refractivity contribution in [3.05, 3.63) is 47.5 Å². The smallest absolute Gasteiger partial charge is 0.338 e. The van der Waals surface area contributed by atoms with E-state index in [0.29, 0.717) is 16.4 Å². The second-order valence-electron chi connectivity index (χ2n) is 13.9. The predicted octanol–water partition coefficient (Wildman–Crippen LogP) is 9.25. The summed E-state index contributed by atoms with van der Waals surface area (Å²) in [6, 6.07) is 9.49. The van der Waals surface area contributed by atoms with Gasteiger partial charge in [0.15, 0.2) is 0 Å². The highest BCUT2D eigenvalue weighted by Crippen LogP contribution is 2.67. The molecule has 0 aromatic heterocycles. The van der Waals surface area contributed by atoms with Crippen molar-refractivity contribution in [3.63, 3.8) is 0 Å². The minimum absolute atomic E-state index is 0.0324. The lowest BCUT2D eigenvalue weighted by molar-refractivity contribution is -0.0594. The van der Waals surface area contributed by atoms with E-state index in [1.807, 2.05) is 30.3 Å². The summed E-state index contributed by atoms with van der Waals surface area (Å²) in [6.07, 6.45) is 17.0. The Balaban J connectivity index is 1.25. The summed E-state index contributed by atoms with van der Waals surface area (Å²) in [5.41, 5.74) is 3.12. The molecule has 0 spiro atoms. The van der Waals surface area contributed by atoms with Crippen molar-refractivity contribution < 1.29 is 9.53 Å². The van der Waals surface area contributed by atoms with Gasteiger partial charge in [-0.15, -0.1) is 0 Å². The molecule has 0 saturated heterocycles. The first-order valence-corrected chi connectivity index (χ1v) is 15.2. The molecule has 0 amide bonds. The Labute approximate surface area is 220 Å². The Hall–Kier alpha value is -1.57. The SMILES string of the molecule is CC(C)CCC[C@H](C)[C@H]1CC[C@@H]2[C@H]3CC=C4C[C@@H](OC(=O)c5ccccc5)CC[C@]4(C)[C@@H]3CC[C@@]21C. The van der Waals surface area contributed by atoms with Crippen molar-refractivity contribution >= 4 is 5.97 Å². The topological polar surface area (TPSA) is 26.3 Å². The van der Waals surface area contributed by atoms with E-state index >= 15 is 0 Å². The highest BCUT2D eigenvalue weighted by Gasteiger charge is 2.59. The largest absolute Gasteiger partial charge is 0.458 e. The van der Waals surface area contributed by atoms with Crippen LogP contribution in [0.1, 0.15) is 116 Å². The fraction of sp³-hybridized carbons (Fsp3) is 0.735. The number of carbonyl (C=O) groups excluding carboxylic acids is 1. The molecule has 0 aliphatic heterocycles. The average molecular weight is 491 g/mol. The highest BCUT2D eigenvalue weighted by molar-refractivity contribution is 5.89. The molecule has 0 bridgehead atoms. The third kappa shape index (κ3) is 4.71. The molecule has 4 aliphatic carbocycles. The summed E-state index contributed by atoms with van der Waals surface area (Å²) >= 11 is 0. The van der Waals surface area contributed by atoms with Gasteiger partial charge in [-0.25, -0.2) is 4.79 Å². The number of allylic oxidation sites excluding steroid dienone is 1. The van der Waals surface area contributed by atoms with Gasteiger partial charge >= 0.3 is 5.97 Å². The number of benzene rings is 1. The van der Waals surface area contributed by atoms with Crippen LogP contribution in [-0.4, -0.2) is 12.1 Å². The van der Waals surface area contributed by atoms with E-state index in [9.17, 15) is 4.79 Å². The summed E-state index contributed by atoms with van der Waals surface area (Å²) < 4.78 is 6.00. The van der Waals surface area contributed by atoms with Crippen LogP contribution < -0.4 is 0 Å². The van der Waals surface area contributed by atoms with Gasteiger partial charge in [-0.1, -0.05) is 83.7 Å². The number of ether oxygens (including phenoxy) is 1. The van der Waals surface area contributed by atoms with E-state index in [4.69, 9.17) is 4.74 Å². The number of carbonyl (C=O) groups is 1. The lowest BCUT2D eigenvalue weighted by Crippen LogP contribution is -2.51. The third-order valence-electron chi connectivity index (χ3n) is 11.5. The quantitative estimate of drug-likeness (QED) is 0.281. The molecule has 5 rings (SSSR count). The molecule has 1 aromatic carbocycles. The first-order chi connectivity index (χ1) is 17.2. The van der Waals surface area contributed by atoms with E-state index in [1.54, 1.807) is 5.57 Å². The zero-order chi connectivity index (χ0) is 25.5. The fourth-order valence-corrected chi connectivity index (χ4v) is 9.55. The van der Waals surface area contributed by atoms with Gasteiger partial charge in [-0.2, -0.15) is 0 Å². The summed E-state index contributed by atoms with van der Waals surface area (Å²) in [4.78, 5) is 12.7. The van der Waals surface area contributed by atoms with Gasteiger partial charge in [-0.3, -0.25) is 0 Å². The minimum atomic E-state index is -0.161. The average Bonchev–Trinajstić information content (AvgIpc) is 3.22. The molecule has 3 fully saturated rings. The van der Waals surface area contributed by atoms with Crippen LogP contribution in [0.5, 0.6) is 0 Å². The van der Waals surface area contributed by atoms with E-state index in [1.165, 1.54) is 57.8 Å². The maximum absolute atomic E-state index is 12.7. The molecule has 0 N–H and O–H groups in total. The molecule has 36 heavy (non-hydrogen) atoms. The van der Waals surface area contributed by atoms with Gasteiger partial charge in [0.2, 0.25) is 0 Å². The molecule has 0 radical (unpaired) electrons. The van der Waals surface area contributed by atoms with Crippen molar-refractivity contribution in [2.45, 2.75) is 111 Å². The van der Waals surface area contributed by atoms with Gasteiger partial charge in [-0.05, 0) is 103 Å². The van der Waals surface area contributed by atoms with Crippen LogP contribution in [-0.2, 0) is 4.74 Å². The number of rotatable bonds is 7. The zero-order valence-electron chi connectivity index (χ0n) is 23.6. The molecular weight excluding hydrogens is 440 g/mol. The van der Waals surface area contributed by atoms with Gasteiger partial charge < -0.3 is 4.74 Å². The van der Waals surface area contributed by atoms with Crippen LogP contribution in [0, 0.1) is 46.3 Å². The molecule has 2 nitrogen and oxygen atoms in total. The Bertz CT molecular complexity index is 947. The molecule has 4 aliphatic rings. The summed E-state index contributed by atoms with van der Waals surface area (Å²) in [6.45, 7) is 12.6. The van der Waals surface area contributed by atoms with Crippen molar-refractivity contribution in [3.8, 4) is 0 Å². The number of fused-ring (bicyclic) bond motifs is 5. The zero-order valence-corrected chi connectivity index (χ0v) is 23.6. The van der Waals surface area contributed by atoms with E-state index in [2.05, 4.69) is 40.7 Å². The van der Waals surface area contributed by atoms with Crippen molar-refractivity contribution in [1.82, 2.24) is 0 Å². The Morgan fingerprint density at radius 1 is 0.972 bits per heavy atom. The normalized spacial score (nSPS) is 38.5. The fourth-order valence-electron chi connectivity index (χ4n) is 9.55. The molecule has 198 valence electrons. The van der Waals surface area contributed by atoms with E-state index in [-0.39, 0.29) is 12.1 Å². The van der Waals surface area contributed by atoms with Crippen LogP contribution in [0.25, 0.3) is 0 Å². The lowest BCUT2D eigenvalue weighted by atomic mass is 9.47. The molecular formula is C34H50O2. The summed E-state index contributed by atoms with van der Waals surface area (Å²) in [7, 11) is 0. The van der Waals surface area contributed by atoms with Crippen LogP contribution in [0.15, 0.2) is 42.0 Å². The Morgan fingerprint density at radius 3 is 2.50 bits per heavy atom. The minimum Gasteiger partial charge on any atom is -0.458 e. The predicted molar refractivity (Wildman–Crippen MR) is 149 cm³/mol. The second kappa shape index (κ2) is 10.3. The van der Waals surface area contributed by atoms with Crippen LogP contribution in [0.4, 0.5) is 0 Å². The Morgan fingerprint density at radius 2 is 1.75 bits per heavy atom. The highest BCUT2D eigenvalue weighted by atomic mass is 16.5. The van der Waals surface area contributed by atoms with Crippen LogP contribution in [0.2, 0.25) is 0 Å². The lowest BCUT2D eigenvalue weighted by Gasteiger charge is -2.58. The maximum Gasteiger partial charge on any atom is 0.338 e.